The lowest BCUT2D eigenvalue weighted by Crippen LogP contribution is -2.35. The molecule has 2 unspecified atom stereocenters. The van der Waals surface area contributed by atoms with Crippen LogP contribution in [0.3, 0.4) is 0 Å². The van der Waals surface area contributed by atoms with E-state index in [4.69, 9.17) is 9.84 Å². The quantitative estimate of drug-likeness (QED) is 0.593. The van der Waals surface area contributed by atoms with Gasteiger partial charge in [-0.05, 0) is 19.8 Å². The van der Waals surface area contributed by atoms with Crippen LogP contribution >= 0.6 is 0 Å². The summed E-state index contributed by atoms with van der Waals surface area (Å²) in [5, 5.41) is 12.0. The Morgan fingerprint density at radius 1 is 1.50 bits per heavy atom. The number of aliphatic hydroxyl groups excluding tert-OH is 1. The van der Waals surface area contributed by atoms with Crippen molar-refractivity contribution in [3.05, 3.63) is 0 Å². The molecular formula is C10H21NO3. The maximum atomic E-state index is 11.0. The number of hydrogen-bond acceptors (Lipinski definition) is 4. The van der Waals surface area contributed by atoms with Crippen molar-refractivity contribution < 1.29 is 14.6 Å². The fourth-order valence-electron chi connectivity index (χ4n) is 0.994. The number of esters is 1. The first-order valence-corrected chi connectivity index (χ1v) is 5.11. The summed E-state index contributed by atoms with van der Waals surface area (Å²) in [6.45, 7) is 6.94. The fraction of sp³-hybridized carbons (Fsp3) is 0.900. The summed E-state index contributed by atoms with van der Waals surface area (Å²) < 4.78 is 4.78. The normalized spacial score (nSPS) is 14.9. The van der Waals surface area contributed by atoms with Crippen molar-refractivity contribution in [2.24, 2.45) is 5.92 Å². The van der Waals surface area contributed by atoms with Gasteiger partial charge in [-0.15, -0.1) is 0 Å². The molecule has 0 radical (unpaired) electrons. The largest absolute Gasteiger partial charge is 0.466 e. The molecule has 0 aromatic carbocycles. The number of rotatable bonds is 7. The molecule has 0 aromatic heterocycles. The molecule has 0 aromatic rings. The summed E-state index contributed by atoms with van der Waals surface area (Å²) >= 11 is 0. The van der Waals surface area contributed by atoms with E-state index >= 15 is 0 Å². The van der Waals surface area contributed by atoms with Gasteiger partial charge in [0.05, 0.1) is 13.0 Å². The van der Waals surface area contributed by atoms with Gasteiger partial charge in [0.25, 0.3) is 0 Å². The number of nitrogens with one attached hydrogen (secondary N) is 1. The maximum absolute atomic E-state index is 11.0. The summed E-state index contributed by atoms with van der Waals surface area (Å²) in [5.74, 6) is 0.0287. The first-order chi connectivity index (χ1) is 6.61. The van der Waals surface area contributed by atoms with E-state index in [2.05, 4.69) is 5.32 Å². The van der Waals surface area contributed by atoms with Crippen molar-refractivity contribution in [2.75, 3.05) is 19.8 Å². The molecule has 84 valence electrons. The van der Waals surface area contributed by atoms with Gasteiger partial charge in [-0.3, -0.25) is 4.79 Å². The van der Waals surface area contributed by atoms with Crippen LogP contribution in [0.2, 0.25) is 0 Å². The van der Waals surface area contributed by atoms with E-state index < -0.39 is 0 Å². The van der Waals surface area contributed by atoms with Gasteiger partial charge in [-0.25, -0.2) is 0 Å². The van der Waals surface area contributed by atoms with Gasteiger partial charge in [0, 0.05) is 19.2 Å². The molecule has 2 N–H and O–H groups in total. The predicted molar refractivity (Wildman–Crippen MR) is 55.0 cm³/mol. The number of aliphatic hydroxyl groups is 1. The molecule has 0 heterocycles. The van der Waals surface area contributed by atoms with Crippen LogP contribution in [0.1, 0.15) is 27.2 Å². The minimum absolute atomic E-state index is 0.160. The molecule has 0 saturated carbocycles. The van der Waals surface area contributed by atoms with Crippen LogP contribution in [0.4, 0.5) is 0 Å². The van der Waals surface area contributed by atoms with Crippen LogP contribution in [0.15, 0.2) is 0 Å². The van der Waals surface area contributed by atoms with Gasteiger partial charge >= 0.3 is 5.97 Å². The lowest BCUT2D eigenvalue weighted by atomic mass is 10.1. The highest BCUT2D eigenvalue weighted by Crippen LogP contribution is 2.00. The Bertz CT molecular complexity index is 161. The molecule has 0 aliphatic carbocycles. The van der Waals surface area contributed by atoms with Gasteiger partial charge in [-0.1, -0.05) is 6.92 Å². The van der Waals surface area contributed by atoms with Crippen LogP contribution in [0, 0.1) is 5.92 Å². The van der Waals surface area contributed by atoms with E-state index in [1.165, 1.54) is 0 Å². The van der Waals surface area contributed by atoms with Crippen molar-refractivity contribution >= 4 is 5.97 Å². The highest BCUT2D eigenvalue weighted by atomic mass is 16.5. The predicted octanol–water partition coefficient (Wildman–Crippen LogP) is 0.546. The molecule has 0 rings (SSSR count). The van der Waals surface area contributed by atoms with E-state index in [-0.39, 0.29) is 24.5 Å². The Morgan fingerprint density at radius 2 is 2.14 bits per heavy atom. The zero-order valence-corrected chi connectivity index (χ0v) is 9.25. The van der Waals surface area contributed by atoms with Gasteiger partial charge in [0.1, 0.15) is 0 Å². The zero-order valence-electron chi connectivity index (χ0n) is 9.25. The highest BCUT2D eigenvalue weighted by Gasteiger charge is 2.10. The van der Waals surface area contributed by atoms with Crippen molar-refractivity contribution in [1.82, 2.24) is 5.32 Å². The standard InChI is InChI=1S/C10H21NO3/c1-4-14-10(13)5-6-11-9(3)8(2)7-12/h8-9,11-12H,4-7H2,1-3H3. The molecule has 0 saturated heterocycles. The third-order valence-corrected chi connectivity index (χ3v) is 2.24. The Morgan fingerprint density at radius 3 is 2.64 bits per heavy atom. The molecule has 14 heavy (non-hydrogen) atoms. The van der Waals surface area contributed by atoms with Crippen LogP contribution in [0.5, 0.6) is 0 Å². The number of carbonyl (C=O) groups is 1. The van der Waals surface area contributed by atoms with Crippen LogP contribution in [-0.4, -0.2) is 36.9 Å². The summed E-state index contributed by atoms with van der Waals surface area (Å²) in [6.07, 6.45) is 0.385. The molecule has 0 fully saturated rings. The Kier molecular flexibility index (Phi) is 7.42. The molecular weight excluding hydrogens is 182 g/mol. The lowest BCUT2D eigenvalue weighted by Gasteiger charge is -2.18. The Hall–Kier alpha value is -0.610. The van der Waals surface area contributed by atoms with E-state index in [0.717, 1.165) is 0 Å². The summed E-state index contributed by atoms with van der Waals surface area (Å²) in [6, 6.07) is 0.217. The average Bonchev–Trinajstić information content (AvgIpc) is 2.16. The maximum Gasteiger partial charge on any atom is 0.307 e. The smallest absolute Gasteiger partial charge is 0.307 e. The number of carbonyl (C=O) groups excluding carboxylic acids is 1. The van der Waals surface area contributed by atoms with E-state index in [1.807, 2.05) is 13.8 Å². The molecule has 4 nitrogen and oxygen atoms in total. The topological polar surface area (TPSA) is 58.6 Å². The third kappa shape index (κ3) is 5.94. The molecule has 0 bridgehead atoms. The van der Waals surface area contributed by atoms with E-state index in [0.29, 0.717) is 19.6 Å². The monoisotopic (exact) mass is 203 g/mol. The molecule has 0 aliphatic heterocycles. The molecule has 2 atom stereocenters. The highest BCUT2D eigenvalue weighted by molar-refractivity contribution is 5.69. The van der Waals surface area contributed by atoms with Crippen LogP contribution in [-0.2, 0) is 9.53 Å². The Balaban J connectivity index is 3.48. The Labute approximate surface area is 85.6 Å². The SMILES string of the molecule is CCOC(=O)CCNC(C)C(C)CO. The minimum atomic E-state index is -0.177. The van der Waals surface area contributed by atoms with Gasteiger partial charge in [0.2, 0.25) is 0 Å². The number of hydrogen-bond donors (Lipinski definition) is 2. The van der Waals surface area contributed by atoms with Crippen molar-refractivity contribution in [3.63, 3.8) is 0 Å². The van der Waals surface area contributed by atoms with Crippen molar-refractivity contribution in [1.29, 1.82) is 0 Å². The minimum Gasteiger partial charge on any atom is -0.466 e. The molecule has 0 spiro atoms. The van der Waals surface area contributed by atoms with Crippen LogP contribution < -0.4 is 5.32 Å². The van der Waals surface area contributed by atoms with Crippen molar-refractivity contribution in [2.45, 2.75) is 33.2 Å². The second kappa shape index (κ2) is 7.76. The van der Waals surface area contributed by atoms with Gasteiger partial charge < -0.3 is 15.2 Å². The van der Waals surface area contributed by atoms with Gasteiger partial charge in [-0.2, -0.15) is 0 Å². The fourth-order valence-corrected chi connectivity index (χ4v) is 0.994. The summed E-state index contributed by atoms with van der Waals surface area (Å²) in [5.41, 5.74) is 0. The van der Waals surface area contributed by atoms with Gasteiger partial charge in [0.15, 0.2) is 0 Å². The molecule has 0 aliphatic rings. The van der Waals surface area contributed by atoms with Crippen LogP contribution in [0.25, 0.3) is 0 Å². The summed E-state index contributed by atoms with van der Waals surface area (Å²) in [4.78, 5) is 11.0. The third-order valence-electron chi connectivity index (χ3n) is 2.24. The second-order valence-electron chi connectivity index (χ2n) is 3.46. The summed E-state index contributed by atoms with van der Waals surface area (Å²) in [7, 11) is 0. The first-order valence-electron chi connectivity index (χ1n) is 5.11. The molecule has 4 heteroatoms. The van der Waals surface area contributed by atoms with E-state index in [1.54, 1.807) is 6.92 Å². The van der Waals surface area contributed by atoms with E-state index in [9.17, 15) is 4.79 Å². The second-order valence-corrected chi connectivity index (χ2v) is 3.46. The van der Waals surface area contributed by atoms with Crippen molar-refractivity contribution in [3.8, 4) is 0 Å². The number of ether oxygens (including phenoxy) is 1. The molecule has 0 amide bonds. The first kappa shape index (κ1) is 13.4. The zero-order chi connectivity index (χ0) is 11.0. The lowest BCUT2D eigenvalue weighted by molar-refractivity contribution is -0.143. The average molecular weight is 203 g/mol.